The van der Waals surface area contributed by atoms with E-state index in [0.717, 1.165) is 19.3 Å². The molecule has 0 saturated heterocycles. The van der Waals surface area contributed by atoms with E-state index in [1.54, 1.807) is 24.3 Å². The molecule has 0 atom stereocenters. The van der Waals surface area contributed by atoms with Gasteiger partial charge >= 0.3 is 11.9 Å². The van der Waals surface area contributed by atoms with E-state index in [2.05, 4.69) is 10.1 Å². The minimum atomic E-state index is -0.555. The highest BCUT2D eigenvalue weighted by Gasteiger charge is 2.20. The number of methoxy groups -OCH3 is 1. The van der Waals surface area contributed by atoms with Crippen molar-refractivity contribution in [3.05, 3.63) is 51.2 Å². The lowest BCUT2D eigenvalue weighted by Crippen LogP contribution is -2.22. The molecule has 0 fully saturated rings. The van der Waals surface area contributed by atoms with Crippen molar-refractivity contribution in [2.45, 2.75) is 19.3 Å². The average Bonchev–Trinajstić information content (AvgIpc) is 3.21. The number of hydrogen-bond donors (Lipinski definition) is 1. The van der Waals surface area contributed by atoms with Crippen molar-refractivity contribution in [2.24, 2.45) is 0 Å². The topological polar surface area (TPSA) is 81.7 Å². The number of nitrogens with one attached hydrogen (secondary N) is 1. The van der Waals surface area contributed by atoms with Crippen molar-refractivity contribution in [1.82, 2.24) is 0 Å². The Labute approximate surface area is 148 Å². The van der Waals surface area contributed by atoms with Gasteiger partial charge in [-0.05, 0) is 43.0 Å². The molecule has 1 amide bonds. The molecule has 2 aromatic rings. The number of thiophene rings is 1. The van der Waals surface area contributed by atoms with Crippen LogP contribution in [0.25, 0.3) is 0 Å². The number of rotatable bonds is 5. The van der Waals surface area contributed by atoms with Gasteiger partial charge < -0.3 is 14.8 Å². The van der Waals surface area contributed by atoms with Crippen molar-refractivity contribution in [3.63, 3.8) is 0 Å². The van der Waals surface area contributed by atoms with E-state index in [1.165, 1.54) is 28.9 Å². The molecule has 7 heteroatoms. The zero-order chi connectivity index (χ0) is 17.8. The van der Waals surface area contributed by atoms with E-state index in [9.17, 15) is 14.4 Å². The molecule has 0 saturated carbocycles. The minimum absolute atomic E-state index is 0.236. The highest BCUT2D eigenvalue weighted by atomic mass is 32.1. The third-order valence-electron chi connectivity index (χ3n) is 3.89. The van der Waals surface area contributed by atoms with Crippen LogP contribution in [0.5, 0.6) is 0 Å². The Bertz CT molecular complexity index is 805. The zero-order valence-corrected chi connectivity index (χ0v) is 14.5. The smallest absolute Gasteiger partial charge is 0.348 e. The summed E-state index contributed by atoms with van der Waals surface area (Å²) in [6.45, 7) is -0.420. The molecular formula is C18H17NO5S. The van der Waals surface area contributed by atoms with E-state index in [-0.39, 0.29) is 5.56 Å². The number of anilines is 1. The number of fused-ring (bicyclic) bond motifs is 1. The zero-order valence-electron chi connectivity index (χ0n) is 13.7. The molecule has 1 N–H and O–H groups in total. The Morgan fingerprint density at radius 3 is 2.72 bits per heavy atom. The molecule has 0 radical (unpaired) electrons. The molecule has 25 heavy (non-hydrogen) atoms. The number of aryl methyl sites for hydroxylation is 2. The second kappa shape index (κ2) is 7.48. The van der Waals surface area contributed by atoms with E-state index in [4.69, 9.17) is 4.74 Å². The van der Waals surface area contributed by atoms with Crippen molar-refractivity contribution < 1.29 is 23.9 Å². The summed E-state index contributed by atoms with van der Waals surface area (Å²) in [7, 11) is 1.26. The van der Waals surface area contributed by atoms with Gasteiger partial charge in [0.1, 0.15) is 4.88 Å². The van der Waals surface area contributed by atoms with Gasteiger partial charge in [-0.3, -0.25) is 4.79 Å². The first-order valence-electron chi connectivity index (χ1n) is 7.84. The first-order chi connectivity index (χ1) is 12.1. The predicted octanol–water partition coefficient (Wildman–Crippen LogP) is 2.82. The maximum absolute atomic E-state index is 12.1. The fourth-order valence-corrected chi connectivity index (χ4v) is 3.85. The summed E-state index contributed by atoms with van der Waals surface area (Å²) in [4.78, 5) is 37.5. The summed E-state index contributed by atoms with van der Waals surface area (Å²) in [5.41, 5.74) is 1.75. The minimum Gasteiger partial charge on any atom is -0.465 e. The summed E-state index contributed by atoms with van der Waals surface area (Å²) < 4.78 is 9.74. The molecule has 0 spiro atoms. The Morgan fingerprint density at radius 1 is 1.16 bits per heavy atom. The van der Waals surface area contributed by atoms with Gasteiger partial charge in [-0.25, -0.2) is 9.59 Å². The van der Waals surface area contributed by atoms with Gasteiger partial charge in [-0.1, -0.05) is 12.1 Å². The summed E-state index contributed by atoms with van der Waals surface area (Å²) in [5.74, 6) is -1.58. The number of ether oxygens (including phenoxy) is 2. The average molecular weight is 359 g/mol. The number of esters is 2. The van der Waals surface area contributed by atoms with Crippen molar-refractivity contribution >= 4 is 34.9 Å². The maximum Gasteiger partial charge on any atom is 0.348 e. The molecule has 1 aliphatic rings. The Morgan fingerprint density at radius 2 is 1.96 bits per heavy atom. The fraction of sp³-hybridized carbons (Fsp3) is 0.278. The van der Waals surface area contributed by atoms with E-state index < -0.39 is 24.5 Å². The van der Waals surface area contributed by atoms with Gasteiger partial charge in [0.05, 0.1) is 18.4 Å². The summed E-state index contributed by atoms with van der Waals surface area (Å²) >= 11 is 1.43. The van der Waals surface area contributed by atoms with Crippen molar-refractivity contribution in [1.29, 1.82) is 0 Å². The Kier molecular flexibility index (Phi) is 5.14. The lowest BCUT2D eigenvalue weighted by atomic mass is 10.2. The maximum atomic E-state index is 12.1. The Balaban J connectivity index is 1.58. The molecule has 1 aromatic heterocycles. The summed E-state index contributed by atoms with van der Waals surface area (Å²) in [6, 6.07) is 8.31. The lowest BCUT2D eigenvalue weighted by Gasteiger charge is -2.09. The fourth-order valence-electron chi connectivity index (χ4n) is 2.70. The number of carbonyl (C=O) groups excluding carboxylic acids is 3. The van der Waals surface area contributed by atoms with Crippen LogP contribution < -0.4 is 5.32 Å². The highest BCUT2D eigenvalue weighted by Crippen LogP contribution is 2.30. The number of amides is 1. The molecule has 0 bridgehead atoms. The van der Waals surface area contributed by atoms with Crippen LogP contribution in [0.2, 0.25) is 0 Å². The molecule has 1 aliphatic carbocycles. The second-order valence-corrected chi connectivity index (χ2v) is 6.71. The predicted molar refractivity (Wildman–Crippen MR) is 93.0 cm³/mol. The summed E-state index contributed by atoms with van der Waals surface area (Å²) in [6.07, 6.45) is 3.11. The van der Waals surface area contributed by atoms with Crippen LogP contribution in [0.3, 0.4) is 0 Å². The molecule has 3 rings (SSSR count). The number of para-hydroxylation sites is 1. The van der Waals surface area contributed by atoms with Crippen LogP contribution in [0, 0.1) is 0 Å². The van der Waals surface area contributed by atoms with Gasteiger partial charge in [0.2, 0.25) is 0 Å². The number of hydrogen-bond acceptors (Lipinski definition) is 6. The molecule has 1 heterocycles. The van der Waals surface area contributed by atoms with Gasteiger partial charge in [0.15, 0.2) is 6.61 Å². The number of benzene rings is 1. The lowest BCUT2D eigenvalue weighted by molar-refractivity contribution is -0.119. The molecule has 6 nitrogen and oxygen atoms in total. The van der Waals surface area contributed by atoms with Crippen molar-refractivity contribution in [2.75, 3.05) is 19.0 Å². The van der Waals surface area contributed by atoms with E-state index in [1.807, 2.05) is 6.07 Å². The van der Waals surface area contributed by atoms with E-state index >= 15 is 0 Å². The molecule has 130 valence electrons. The normalized spacial score (nSPS) is 12.4. The molecular weight excluding hydrogens is 342 g/mol. The van der Waals surface area contributed by atoms with Crippen LogP contribution >= 0.6 is 11.3 Å². The monoisotopic (exact) mass is 359 g/mol. The van der Waals surface area contributed by atoms with Crippen LogP contribution in [-0.2, 0) is 27.1 Å². The van der Waals surface area contributed by atoms with E-state index in [0.29, 0.717) is 10.6 Å². The van der Waals surface area contributed by atoms with Crippen LogP contribution in [0.15, 0.2) is 30.3 Å². The standard InChI is InChI=1S/C18H17NO5S/c1-23-17(21)12-6-2-3-7-13(12)19-16(20)10-24-18(22)15-9-11-5-4-8-14(11)25-15/h2-3,6-7,9H,4-5,8,10H2,1H3,(H,19,20). The molecule has 0 aliphatic heterocycles. The highest BCUT2D eigenvalue weighted by molar-refractivity contribution is 7.14. The SMILES string of the molecule is COC(=O)c1ccccc1NC(=O)COC(=O)c1cc2c(s1)CCC2. The van der Waals surface area contributed by atoms with Gasteiger partial charge in [0, 0.05) is 4.88 Å². The van der Waals surface area contributed by atoms with Crippen molar-refractivity contribution in [3.8, 4) is 0 Å². The van der Waals surface area contributed by atoms with Gasteiger partial charge in [-0.15, -0.1) is 11.3 Å². The first-order valence-corrected chi connectivity index (χ1v) is 8.66. The Hall–Kier alpha value is -2.67. The van der Waals surface area contributed by atoms with Crippen LogP contribution in [-0.4, -0.2) is 31.6 Å². The molecule has 1 aromatic carbocycles. The van der Waals surface area contributed by atoms with Gasteiger partial charge in [0.25, 0.3) is 5.91 Å². The quantitative estimate of drug-likeness (QED) is 0.830. The number of carbonyl (C=O) groups is 3. The first kappa shape index (κ1) is 17.2. The second-order valence-electron chi connectivity index (χ2n) is 5.57. The third-order valence-corrected chi connectivity index (χ3v) is 5.11. The third kappa shape index (κ3) is 3.88. The van der Waals surface area contributed by atoms with Crippen LogP contribution in [0.1, 0.15) is 36.9 Å². The molecule has 0 unspecified atom stereocenters. The largest absolute Gasteiger partial charge is 0.465 e. The summed E-state index contributed by atoms with van der Waals surface area (Å²) in [5, 5.41) is 2.56. The van der Waals surface area contributed by atoms with Gasteiger partial charge in [-0.2, -0.15) is 0 Å². The van der Waals surface area contributed by atoms with Crippen LogP contribution in [0.4, 0.5) is 5.69 Å².